The molecule has 0 radical (unpaired) electrons. The average molecular weight is 507 g/mol. The quantitative estimate of drug-likeness (QED) is 0.220. The maximum atomic E-state index is 11.5. The van der Waals surface area contributed by atoms with Gasteiger partial charge in [-0.15, -0.1) is 0 Å². The van der Waals surface area contributed by atoms with Gasteiger partial charge in [0.25, 0.3) is 0 Å². The number of hydrogen-bond acceptors (Lipinski definition) is 6. The number of nitrogens with one attached hydrogen (secondary N) is 1. The Balaban J connectivity index is 1.63. The van der Waals surface area contributed by atoms with Gasteiger partial charge >= 0.3 is 6.09 Å². The van der Waals surface area contributed by atoms with Crippen molar-refractivity contribution >= 4 is 17.5 Å². The summed E-state index contributed by atoms with van der Waals surface area (Å²) in [4.78, 5) is 13.7. The number of aliphatic hydroxyl groups is 1. The van der Waals surface area contributed by atoms with Crippen LogP contribution in [-0.2, 0) is 19.6 Å². The molecule has 0 aliphatic rings. The molecule has 0 aromatic heterocycles. The maximum absolute atomic E-state index is 11.5. The van der Waals surface area contributed by atoms with E-state index in [-0.39, 0.29) is 0 Å². The Morgan fingerprint density at radius 3 is 1.95 bits per heavy atom. The highest BCUT2D eigenvalue weighted by atomic mass is 16.5. The van der Waals surface area contributed by atoms with E-state index in [1.54, 1.807) is 0 Å². The number of hydrogen-bond donors (Lipinski definition) is 5. The van der Waals surface area contributed by atoms with Crippen molar-refractivity contribution in [3.63, 3.8) is 0 Å². The lowest BCUT2D eigenvalue weighted by atomic mass is 10.00. The van der Waals surface area contributed by atoms with E-state index in [1.165, 1.54) is 0 Å². The molecule has 3 aromatic carbocycles. The van der Waals surface area contributed by atoms with E-state index in [9.17, 15) is 15.0 Å². The number of nitrogens with zero attached hydrogens (tertiary/aromatic N) is 1. The number of ether oxygens (including phenoxy) is 1. The minimum absolute atomic E-state index is 0.330. The maximum Gasteiger partial charge on any atom is 0.404 e. The van der Waals surface area contributed by atoms with Gasteiger partial charge < -0.3 is 31.7 Å². The Morgan fingerprint density at radius 2 is 1.41 bits per heavy atom. The molecule has 0 spiro atoms. The standard InChI is InChI=1S/C29H38N4O4/c1-20(2)16-33(17-22-3-9-24(30)10-4-22)18-28(34)27(32-29(35)36)15-21-7-13-26(14-8-21)37-19-23-5-11-25(31)12-6-23/h3-14,20,27-28,32,34H,15-19,30-31H2,1-2H3,(H,35,36)/t27-,28-/m0/s1. The van der Waals surface area contributed by atoms with Crippen LogP contribution in [0.25, 0.3) is 0 Å². The minimum atomic E-state index is -1.17. The predicted molar refractivity (Wildman–Crippen MR) is 147 cm³/mol. The molecule has 0 saturated heterocycles. The monoisotopic (exact) mass is 506 g/mol. The Hall–Kier alpha value is -3.75. The number of nitrogen functional groups attached to an aromatic ring is 2. The molecular weight excluding hydrogens is 468 g/mol. The van der Waals surface area contributed by atoms with Crippen molar-refractivity contribution in [2.24, 2.45) is 5.92 Å². The summed E-state index contributed by atoms with van der Waals surface area (Å²) in [5.74, 6) is 1.09. The number of nitrogens with two attached hydrogens (primary N) is 2. The molecule has 8 heteroatoms. The van der Waals surface area contributed by atoms with Gasteiger partial charge in [0.15, 0.2) is 0 Å². The molecule has 2 atom stereocenters. The third kappa shape index (κ3) is 9.67. The van der Waals surface area contributed by atoms with Crippen LogP contribution < -0.4 is 21.5 Å². The highest BCUT2D eigenvalue weighted by molar-refractivity contribution is 5.65. The predicted octanol–water partition coefficient (Wildman–Crippen LogP) is 4.13. The van der Waals surface area contributed by atoms with Crippen molar-refractivity contribution in [2.75, 3.05) is 24.6 Å². The topological polar surface area (TPSA) is 134 Å². The lowest BCUT2D eigenvalue weighted by Gasteiger charge is -2.30. The van der Waals surface area contributed by atoms with Gasteiger partial charge in [-0.1, -0.05) is 50.2 Å². The van der Waals surface area contributed by atoms with Crippen molar-refractivity contribution in [1.82, 2.24) is 10.2 Å². The Labute approximate surface area is 218 Å². The molecule has 3 aromatic rings. The fourth-order valence-electron chi connectivity index (χ4n) is 4.19. The minimum Gasteiger partial charge on any atom is -0.489 e. The van der Waals surface area contributed by atoms with Crippen LogP contribution in [0.4, 0.5) is 16.2 Å². The molecule has 3 rings (SSSR count). The summed E-state index contributed by atoms with van der Waals surface area (Å²) in [6.45, 7) is 6.38. The first-order valence-electron chi connectivity index (χ1n) is 12.5. The van der Waals surface area contributed by atoms with Crippen LogP contribution in [0.1, 0.15) is 30.5 Å². The zero-order valence-corrected chi connectivity index (χ0v) is 21.5. The zero-order valence-electron chi connectivity index (χ0n) is 21.5. The lowest BCUT2D eigenvalue weighted by Crippen LogP contribution is -2.49. The molecule has 0 fully saturated rings. The van der Waals surface area contributed by atoms with Crippen LogP contribution in [0.15, 0.2) is 72.8 Å². The Morgan fingerprint density at radius 1 is 0.865 bits per heavy atom. The van der Waals surface area contributed by atoms with Gasteiger partial charge in [-0.05, 0) is 65.4 Å². The summed E-state index contributed by atoms with van der Waals surface area (Å²) in [5, 5.41) is 23.0. The summed E-state index contributed by atoms with van der Waals surface area (Å²) in [6.07, 6.45) is -1.71. The lowest BCUT2D eigenvalue weighted by molar-refractivity contribution is 0.0698. The van der Waals surface area contributed by atoms with Crippen molar-refractivity contribution in [3.05, 3.63) is 89.5 Å². The second-order valence-corrected chi connectivity index (χ2v) is 9.83. The van der Waals surface area contributed by atoms with Gasteiger partial charge in [0, 0.05) is 31.0 Å². The van der Waals surface area contributed by atoms with Gasteiger partial charge in [0.1, 0.15) is 12.4 Å². The van der Waals surface area contributed by atoms with Crippen LogP contribution >= 0.6 is 0 Å². The first kappa shape index (κ1) is 27.8. The molecule has 198 valence electrons. The molecule has 7 N–H and O–H groups in total. The SMILES string of the molecule is CC(C)CN(Cc1ccc(N)cc1)C[C@H](O)[C@H](Cc1ccc(OCc2ccc(N)cc2)cc1)NC(=O)O. The summed E-state index contributed by atoms with van der Waals surface area (Å²) in [7, 11) is 0. The van der Waals surface area contributed by atoms with Gasteiger partial charge in [-0.25, -0.2) is 4.79 Å². The number of benzene rings is 3. The van der Waals surface area contributed by atoms with E-state index in [0.717, 1.165) is 23.2 Å². The van der Waals surface area contributed by atoms with Crippen molar-refractivity contribution in [3.8, 4) is 5.75 Å². The molecular formula is C29H38N4O4. The Kier molecular flexibility index (Phi) is 10.2. The van der Waals surface area contributed by atoms with Gasteiger partial charge in [0.05, 0.1) is 12.1 Å². The zero-order chi connectivity index (χ0) is 26.8. The number of anilines is 2. The van der Waals surface area contributed by atoms with Crippen LogP contribution in [0.2, 0.25) is 0 Å². The molecule has 37 heavy (non-hydrogen) atoms. The largest absolute Gasteiger partial charge is 0.489 e. The van der Waals surface area contributed by atoms with E-state index in [2.05, 4.69) is 24.1 Å². The van der Waals surface area contributed by atoms with E-state index in [1.807, 2.05) is 72.8 Å². The molecule has 1 amide bonds. The number of carbonyl (C=O) groups is 1. The second-order valence-electron chi connectivity index (χ2n) is 9.83. The van der Waals surface area contributed by atoms with Crippen molar-refractivity contribution < 1.29 is 19.7 Å². The van der Waals surface area contributed by atoms with Gasteiger partial charge in [-0.3, -0.25) is 4.90 Å². The summed E-state index contributed by atoms with van der Waals surface area (Å²) < 4.78 is 5.84. The molecule has 0 saturated carbocycles. The molecule has 0 aliphatic carbocycles. The summed E-state index contributed by atoms with van der Waals surface area (Å²) in [6, 6.07) is 22.0. The van der Waals surface area contributed by atoms with Crippen molar-refractivity contribution in [1.29, 1.82) is 0 Å². The number of carboxylic acid groups (broad SMARTS) is 1. The van der Waals surface area contributed by atoms with E-state index in [0.29, 0.717) is 49.2 Å². The average Bonchev–Trinajstić information content (AvgIpc) is 2.85. The number of rotatable bonds is 13. The smallest absolute Gasteiger partial charge is 0.404 e. The van der Waals surface area contributed by atoms with E-state index < -0.39 is 18.2 Å². The summed E-state index contributed by atoms with van der Waals surface area (Å²) >= 11 is 0. The van der Waals surface area contributed by atoms with Crippen LogP contribution in [0, 0.1) is 5.92 Å². The second kappa shape index (κ2) is 13.5. The van der Waals surface area contributed by atoms with Crippen LogP contribution in [0.5, 0.6) is 5.75 Å². The molecule has 0 aliphatic heterocycles. The van der Waals surface area contributed by atoms with Gasteiger partial charge in [-0.2, -0.15) is 0 Å². The molecule has 0 bridgehead atoms. The number of amides is 1. The number of aliphatic hydroxyl groups excluding tert-OH is 1. The van der Waals surface area contributed by atoms with Crippen LogP contribution in [-0.4, -0.2) is 46.4 Å². The van der Waals surface area contributed by atoms with E-state index in [4.69, 9.17) is 16.2 Å². The first-order valence-corrected chi connectivity index (χ1v) is 12.5. The van der Waals surface area contributed by atoms with E-state index >= 15 is 0 Å². The Bertz CT molecular complexity index is 1100. The molecule has 0 heterocycles. The normalized spacial score (nSPS) is 12.9. The highest BCUT2D eigenvalue weighted by Gasteiger charge is 2.24. The highest BCUT2D eigenvalue weighted by Crippen LogP contribution is 2.18. The fourth-order valence-corrected chi connectivity index (χ4v) is 4.19. The first-order chi connectivity index (χ1) is 17.7. The third-order valence-electron chi connectivity index (χ3n) is 5.99. The summed E-state index contributed by atoms with van der Waals surface area (Å²) in [5.41, 5.74) is 15.9. The third-order valence-corrected chi connectivity index (χ3v) is 5.99. The van der Waals surface area contributed by atoms with Gasteiger partial charge in [0.2, 0.25) is 0 Å². The fraction of sp³-hybridized carbons (Fsp3) is 0.345. The van der Waals surface area contributed by atoms with Crippen LogP contribution in [0.3, 0.4) is 0 Å². The molecule has 8 nitrogen and oxygen atoms in total. The van der Waals surface area contributed by atoms with Crippen molar-refractivity contribution in [2.45, 2.75) is 45.6 Å². The molecule has 0 unspecified atom stereocenters.